The lowest BCUT2D eigenvalue weighted by Gasteiger charge is -2.46. The molecule has 1 amide bonds. The number of aromatic nitrogens is 1. The van der Waals surface area contributed by atoms with Crippen LogP contribution in [0.5, 0.6) is 0 Å². The molecule has 0 spiro atoms. The predicted octanol–water partition coefficient (Wildman–Crippen LogP) is 3.08. The van der Waals surface area contributed by atoms with Crippen LogP contribution in [0.4, 0.5) is 0 Å². The van der Waals surface area contributed by atoms with Crippen LogP contribution >= 0.6 is 0 Å². The first kappa shape index (κ1) is 18.9. The molecule has 4 rings (SSSR count). The van der Waals surface area contributed by atoms with Gasteiger partial charge in [-0.2, -0.15) is 0 Å². The van der Waals surface area contributed by atoms with E-state index >= 15 is 0 Å². The lowest BCUT2D eigenvalue weighted by molar-refractivity contribution is 0.0201. The molecule has 2 aliphatic rings. The van der Waals surface area contributed by atoms with E-state index in [-0.39, 0.29) is 17.5 Å². The van der Waals surface area contributed by atoms with Gasteiger partial charge < -0.3 is 9.47 Å². The van der Waals surface area contributed by atoms with Crippen LogP contribution in [0.25, 0.3) is 0 Å². The Kier molecular flexibility index (Phi) is 5.36. The van der Waals surface area contributed by atoms with Crippen molar-refractivity contribution in [1.82, 2.24) is 14.4 Å². The van der Waals surface area contributed by atoms with Crippen LogP contribution in [0, 0.1) is 6.92 Å². The molecule has 5 nitrogen and oxygen atoms in total. The van der Waals surface area contributed by atoms with Gasteiger partial charge in [-0.3, -0.25) is 14.5 Å². The second-order valence-electron chi connectivity index (χ2n) is 8.13. The summed E-state index contributed by atoms with van der Waals surface area (Å²) in [5.41, 5.74) is 1.94. The van der Waals surface area contributed by atoms with E-state index in [1.807, 2.05) is 55.1 Å². The van der Waals surface area contributed by atoms with Gasteiger partial charge >= 0.3 is 0 Å². The zero-order valence-corrected chi connectivity index (χ0v) is 16.8. The normalized spacial score (nSPS) is 19.3. The maximum Gasteiger partial charge on any atom is 0.264 e. The van der Waals surface area contributed by atoms with Crippen LogP contribution < -0.4 is 5.56 Å². The molecule has 1 aromatic heterocycles. The van der Waals surface area contributed by atoms with Gasteiger partial charge in [-0.15, -0.1) is 0 Å². The fourth-order valence-electron chi connectivity index (χ4n) is 4.39. The SMILES string of the molecule is Cc1ccn(C(C)c2ccccc2)c(=O)c1C(=O)N1CC(N2CCCCC2)C1. The van der Waals surface area contributed by atoms with Crippen LogP contribution in [0.2, 0.25) is 0 Å². The molecule has 0 aliphatic carbocycles. The number of piperidine rings is 1. The summed E-state index contributed by atoms with van der Waals surface area (Å²) < 4.78 is 1.68. The molecule has 5 heteroatoms. The Bertz CT molecular complexity index is 894. The van der Waals surface area contributed by atoms with Crippen molar-refractivity contribution in [2.45, 2.75) is 45.2 Å². The van der Waals surface area contributed by atoms with Crippen LogP contribution in [-0.2, 0) is 0 Å². The van der Waals surface area contributed by atoms with Gasteiger partial charge in [0.15, 0.2) is 0 Å². The third kappa shape index (κ3) is 3.51. The Morgan fingerprint density at radius 3 is 2.39 bits per heavy atom. The third-order valence-corrected chi connectivity index (χ3v) is 6.30. The first-order valence-electron chi connectivity index (χ1n) is 10.4. The molecule has 2 saturated heterocycles. The molecule has 2 aromatic rings. The van der Waals surface area contributed by atoms with Gasteiger partial charge in [-0.25, -0.2) is 0 Å². The van der Waals surface area contributed by atoms with E-state index in [0.29, 0.717) is 11.6 Å². The van der Waals surface area contributed by atoms with Gasteiger partial charge in [0.05, 0.1) is 6.04 Å². The highest BCUT2D eigenvalue weighted by molar-refractivity contribution is 5.95. The Morgan fingerprint density at radius 2 is 1.71 bits per heavy atom. The van der Waals surface area contributed by atoms with E-state index in [1.165, 1.54) is 19.3 Å². The molecule has 3 heterocycles. The Balaban J connectivity index is 1.53. The maximum atomic E-state index is 13.2. The standard InChI is InChI=1S/C23H29N3O2/c1-17-11-14-26(18(2)19-9-5-3-6-10-19)23(28)21(17)22(27)25-15-20(16-25)24-12-7-4-8-13-24/h3,5-6,9-11,14,18,20H,4,7-8,12-13,15-16H2,1-2H3. The number of pyridine rings is 1. The highest BCUT2D eigenvalue weighted by Crippen LogP contribution is 2.22. The van der Waals surface area contributed by atoms with Crippen molar-refractivity contribution in [2.75, 3.05) is 26.2 Å². The van der Waals surface area contributed by atoms with Gasteiger partial charge in [-0.1, -0.05) is 36.8 Å². The quantitative estimate of drug-likeness (QED) is 0.820. The molecule has 0 saturated carbocycles. The van der Waals surface area contributed by atoms with Gasteiger partial charge in [0.2, 0.25) is 0 Å². The highest BCUT2D eigenvalue weighted by Gasteiger charge is 2.37. The third-order valence-electron chi connectivity index (χ3n) is 6.30. The molecule has 1 unspecified atom stereocenters. The lowest BCUT2D eigenvalue weighted by atomic mass is 10.0. The van der Waals surface area contributed by atoms with Crippen molar-refractivity contribution in [3.63, 3.8) is 0 Å². The predicted molar refractivity (Wildman–Crippen MR) is 111 cm³/mol. The number of aryl methyl sites for hydroxylation is 1. The smallest absolute Gasteiger partial charge is 0.264 e. The number of hydrogen-bond acceptors (Lipinski definition) is 3. The molecule has 148 valence electrons. The molecular formula is C23H29N3O2. The van der Waals surface area contributed by atoms with Gasteiger partial charge in [-0.05, 0) is 57.0 Å². The van der Waals surface area contributed by atoms with Crippen molar-refractivity contribution in [3.8, 4) is 0 Å². The largest absolute Gasteiger partial charge is 0.335 e. The zero-order chi connectivity index (χ0) is 19.7. The monoisotopic (exact) mass is 379 g/mol. The lowest BCUT2D eigenvalue weighted by Crippen LogP contribution is -2.62. The summed E-state index contributed by atoms with van der Waals surface area (Å²) in [6.07, 6.45) is 5.63. The molecule has 28 heavy (non-hydrogen) atoms. The topological polar surface area (TPSA) is 45.6 Å². The van der Waals surface area contributed by atoms with E-state index in [2.05, 4.69) is 4.90 Å². The summed E-state index contributed by atoms with van der Waals surface area (Å²) in [5, 5.41) is 0. The van der Waals surface area contributed by atoms with Crippen molar-refractivity contribution in [1.29, 1.82) is 0 Å². The molecule has 2 fully saturated rings. The molecule has 2 aliphatic heterocycles. The van der Waals surface area contributed by atoms with Crippen LogP contribution in [0.3, 0.4) is 0 Å². The van der Waals surface area contributed by atoms with Gasteiger partial charge in [0, 0.05) is 25.3 Å². The molecule has 1 atom stereocenters. The van der Waals surface area contributed by atoms with E-state index < -0.39 is 0 Å². The van der Waals surface area contributed by atoms with Crippen LogP contribution in [0.15, 0.2) is 47.4 Å². The zero-order valence-electron chi connectivity index (χ0n) is 16.8. The van der Waals surface area contributed by atoms with Crippen molar-refractivity contribution in [3.05, 3.63) is 69.6 Å². The summed E-state index contributed by atoms with van der Waals surface area (Å²) >= 11 is 0. The Morgan fingerprint density at radius 1 is 1.04 bits per heavy atom. The van der Waals surface area contributed by atoms with E-state index in [1.54, 1.807) is 10.8 Å². The number of rotatable bonds is 4. The molecule has 0 N–H and O–H groups in total. The number of nitrogens with zero attached hydrogens (tertiary/aromatic N) is 3. The fourth-order valence-corrected chi connectivity index (χ4v) is 4.39. The fraction of sp³-hybridized carbons (Fsp3) is 0.478. The average Bonchev–Trinajstić information content (AvgIpc) is 2.68. The maximum absolute atomic E-state index is 13.2. The highest BCUT2D eigenvalue weighted by atomic mass is 16.2. The van der Waals surface area contributed by atoms with Crippen LogP contribution in [0.1, 0.15) is 53.7 Å². The van der Waals surface area contributed by atoms with Crippen molar-refractivity contribution < 1.29 is 4.79 Å². The van der Waals surface area contributed by atoms with E-state index in [9.17, 15) is 9.59 Å². The van der Waals surface area contributed by atoms with E-state index in [4.69, 9.17) is 0 Å². The molecule has 0 radical (unpaired) electrons. The minimum Gasteiger partial charge on any atom is -0.335 e. The average molecular weight is 380 g/mol. The second kappa shape index (κ2) is 7.92. The van der Waals surface area contributed by atoms with Gasteiger partial charge in [0.25, 0.3) is 11.5 Å². The Labute approximate surface area is 166 Å². The molecule has 1 aromatic carbocycles. The molecular weight excluding hydrogens is 350 g/mol. The summed E-state index contributed by atoms with van der Waals surface area (Å²) in [4.78, 5) is 30.6. The van der Waals surface area contributed by atoms with Gasteiger partial charge in [0.1, 0.15) is 5.56 Å². The summed E-state index contributed by atoms with van der Waals surface area (Å²) in [5.74, 6) is -0.120. The summed E-state index contributed by atoms with van der Waals surface area (Å²) in [7, 11) is 0. The number of amides is 1. The molecule has 0 bridgehead atoms. The summed E-state index contributed by atoms with van der Waals surface area (Å²) in [6, 6.07) is 12.2. The first-order chi connectivity index (χ1) is 13.6. The first-order valence-corrected chi connectivity index (χ1v) is 10.4. The number of carbonyl (C=O) groups is 1. The number of hydrogen-bond donors (Lipinski definition) is 0. The van der Waals surface area contributed by atoms with Crippen LogP contribution in [-0.4, -0.2) is 52.5 Å². The number of benzene rings is 1. The number of likely N-dealkylation sites (tertiary alicyclic amines) is 2. The summed E-state index contributed by atoms with van der Waals surface area (Å²) in [6.45, 7) is 7.60. The number of carbonyl (C=O) groups excluding carboxylic acids is 1. The minimum absolute atomic E-state index is 0.113. The second-order valence-corrected chi connectivity index (χ2v) is 8.13. The van der Waals surface area contributed by atoms with Crippen molar-refractivity contribution >= 4 is 5.91 Å². The Hall–Kier alpha value is -2.40. The van der Waals surface area contributed by atoms with E-state index in [0.717, 1.165) is 37.3 Å². The minimum atomic E-state index is -0.192. The van der Waals surface area contributed by atoms with Crippen molar-refractivity contribution in [2.24, 2.45) is 0 Å².